The molecule has 0 saturated carbocycles. The van der Waals surface area contributed by atoms with Crippen LogP contribution in [0.25, 0.3) is 0 Å². The fourth-order valence-electron chi connectivity index (χ4n) is 1.31. The van der Waals surface area contributed by atoms with Gasteiger partial charge in [0.25, 0.3) is 0 Å². The molecule has 0 radical (unpaired) electrons. The SMILES string of the molecule is CCCCC(Nc1ccc(I)cn1)C(=O)O. The second-order valence-electron chi connectivity index (χ2n) is 3.54. The number of halogens is 1. The normalized spacial score (nSPS) is 12.1. The van der Waals surface area contributed by atoms with E-state index in [4.69, 9.17) is 5.11 Å². The zero-order valence-corrected chi connectivity index (χ0v) is 11.3. The smallest absolute Gasteiger partial charge is 0.326 e. The molecule has 4 nitrogen and oxygen atoms in total. The lowest BCUT2D eigenvalue weighted by Crippen LogP contribution is -2.29. The Morgan fingerprint density at radius 3 is 2.88 bits per heavy atom. The van der Waals surface area contributed by atoms with Crippen LogP contribution in [0.4, 0.5) is 5.82 Å². The Kier molecular flexibility index (Phi) is 5.51. The predicted octanol–water partition coefficient (Wildman–Crippen LogP) is 2.74. The van der Waals surface area contributed by atoms with E-state index in [1.807, 2.05) is 13.0 Å². The van der Waals surface area contributed by atoms with Crippen molar-refractivity contribution in [3.8, 4) is 0 Å². The van der Waals surface area contributed by atoms with Crippen LogP contribution in [0.3, 0.4) is 0 Å². The molecule has 0 saturated heterocycles. The molecule has 1 aromatic rings. The molecule has 1 atom stereocenters. The average Bonchev–Trinajstić information content (AvgIpc) is 2.26. The van der Waals surface area contributed by atoms with Gasteiger partial charge in [0.15, 0.2) is 0 Å². The maximum absolute atomic E-state index is 11.0. The van der Waals surface area contributed by atoms with Crippen LogP contribution in [0.5, 0.6) is 0 Å². The van der Waals surface area contributed by atoms with Crippen LogP contribution < -0.4 is 5.32 Å². The van der Waals surface area contributed by atoms with E-state index in [1.54, 1.807) is 12.3 Å². The first kappa shape index (κ1) is 13.2. The Labute approximate surface area is 109 Å². The van der Waals surface area contributed by atoms with Gasteiger partial charge in [0.05, 0.1) is 0 Å². The number of nitrogens with zero attached hydrogens (tertiary/aromatic N) is 1. The van der Waals surface area contributed by atoms with Gasteiger partial charge in [-0.2, -0.15) is 0 Å². The highest BCUT2D eigenvalue weighted by Gasteiger charge is 2.16. The molecule has 1 heterocycles. The molecule has 0 aliphatic rings. The van der Waals surface area contributed by atoms with Gasteiger partial charge in [0.1, 0.15) is 11.9 Å². The third-order valence-electron chi connectivity index (χ3n) is 2.19. The molecule has 0 aliphatic heterocycles. The average molecular weight is 334 g/mol. The number of aliphatic carboxylic acids is 1. The highest BCUT2D eigenvalue weighted by atomic mass is 127. The van der Waals surface area contributed by atoms with E-state index in [2.05, 4.69) is 32.9 Å². The van der Waals surface area contributed by atoms with Gasteiger partial charge in [0, 0.05) is 9.77 Å². The zero-order valence-electron chi connectivity index (χ0n) is 9.11. The maximum Gasteiger partial charge on any atom is 0.326 e. The van der Waals surface area contributed by atoms with Crippen molar-refractivity contribution in [2.24, 2.45) is 0 Å². The van der Waals surface area contributed by atoms with Crippen molar-refractivity contribution in [2.45, 2.75) is 32.2 Å². The molecule has 0 aliphatic carbocycles. The molecule has 2 N–H and O–H groups in total. The Morgan fingerprint density at radius 1 is 1.62 bits per heavy atom. The topological polar surface area (TPSA) is 62.2 Å². The standard InChI is InChI=1S/C11H15IN2O2/c1-2-3-4-9(11(15)16)14-10-6-5-8(12)7-13-10/h5-7,9H,2-4H2,1H3,(H,13,14)(H,15,16). The number of carboxylic acid groups (broad SMARTS) is 1. The van der Waals surface area contributed by atoms with E-state index in [0.29, 0.717) is 12.2 Å². The molecule has 0 amide bonds. The molecule has 88 valence electrons. The second kappa shape index (κ2) is 6.67. The van der Waals surface area contributed by atoms with E-state index in [9.17, 15) is 4.79 Å². The lowest BCUT2D eigenvalue weighted by Gasteiger charge is -2.14. The number of nitrogens with one attached hydrogen (secondary N) is 1. The Morgan fingerprint density at radius 2 is 2.38 bits per heavy atom. The summed E-state index contributed by atoms with van der Waals surface area (Å²) in [6.45, 7) is 2.04. The third kappa shape index (κ3) is 4.34. The lowest BCUT2D eigenvalue weighted by molar-refractivity contribution is -0.138. The summed E-state index contributed by atoms with van der Waals surface area (Å²) < 4.78 is 1.03. The molecule has 0 bridgehead atoms. The number of anilines is 1. The van der Waals surface area contributed by atoms with Crippen LogP contribution in [-0.4, -0.2) is 22.1 Å². The first-order chi connectivity index (χ1) is 7.63. The highest BCUT2D eigenvalue weighted by molar-refractivity contribution is 14.1. The fourth-order valence-corrected chi connectivity index (χ4v) is 1.62. The number of unbranched alkanes of at least 4 members (excludes halogenated alkanes) is 1. The summed E-state index contributed by atoms with van der Waals surface area (Å²) >= 11 is 2.16. The summed E-state index contributed by atoms with van der Waals surface area (Å²) in [7, 11) is 0. The van der Waals surface area contributed by atoms with Crippen molar-refractivity contribution in [3.63, 3.8) is 0 Å². The summed E-state index contributed by atoms with van der Waals surface area (Å²) in [5, 5.41) is 12.0. The van der Waals surface area contributed by atoms with Gasteiger partial charge in [-0.25, -0.2) is 9.78 Å². The van der Waals surface area contributed by atoms with Gasteiger partial charge in [-0.05, 0) is 41.1 Å². The van der Waals surface area contributed by atoms with Crippen LogP contribution in [0.15, 0.2) is 18.3 Å². The molecule has 1 rings (SSSR count). The summed E-state index contributed by atoms with van der Waals surface area (Å²) in [4.78, 5) is 15.1. The van der Waals surface area contributed by atoms with Gasteiger partial charge < -0.3 is 10.4 Å². The van der Waals surface area contributed by atoms with E-state index in [1.165, 1.54) is 0 Å². The Bertz CT molecular complexity index is 340. The van der Waals surface area contributed by atoms with Gasteiger partial charge in [-0.3, -0.25) is 0 Å². The van der Waals surface area contributed by atoms with Crippen LogP contribution in [0, 0.1) is 3.57 Å². The van der Waals surface area contributed by atoms with Crippen LogP contribution >= 0.6 is 22.6 Å². The number of carboxylic acids is 1. The number of hydrogen-bond acceptors (Lipinski definition) is 3. The minimum atomic E-state index is -0.825. The molecular weight excluding hydrogens is 319 g/mol. The van der Waals surface area contributed by atoms with E-state index < -0.39 is 12.0 Å². The van der Waals surface area contributed by atoms with Crippen molar-refractivity contribution < 1.29 is 9.90 Å². The number of hydrogen-bond donors (Lipinski definition) is 2. The Hall–Kier alpha value is -0.850. The molecule has 0 spiro atoms. The molecule has 16 heavy (non-hydrogen) atoms. The van der Waals surface area contributed by atoms with Crippen molar-refractivity contribution >= 4 is 34.4 Å². The summed E-state index contributed by atoms with van der Waals surface area (Å²) in [6, 6.07) is 3.14. The van der Waals surface area contributed by atoms with E-state index in [0.717, 1.165) is 16.4 Å². The molecule has 1 aromatic heterocycles. The number of rotatable bonds is 6. The quantitative estimate of drug-likeness (QED) is 0.786. The zero-order chi connectivity index (χ0) is 12.0. The van der Waals surface area contributed by atoms with Crippen molar-refractivity contribution in [1.29, 1.82) is 0 Å². The van der Waals surface area contributed by atoms with Gasteiger partial charge in [0.2, 0.25) is 0 Å². The van der Waals surface area contributed by atoms with Crippen molar-refractivity contribution in [2.75, 3.05) is 5.32 Å². The summed E-state index contributed by atoms with van der Waals surface area (Å²) in [5.74, 6) is -0.210. The number of carbonyl (C=O) groups is 1. The lowest BCUT2D eigenvalue weighted by atomic mass is 10.1. The first-order valence-electron chi connectivity index (χ1n) is 5.24. The van der Waals surface area contributed by atoms with Gasteiger partial charge >= 0.3 is 5.97 Å². The summed E-state index contributed by atoms with van der Waals surface area (Å²) in [5.41, 5.74) is 0. The molecular formula is C11H15IN2O2. The van der Waals surface area contributed by atoms with Gasteiger partial charge in [-0.15, -0.1) is 0 Å². The molecule has 0 aromatic carbocycles. The van der Waals surface area contributed by atoms with Crippen molar-refractivity contribution in [3.05, 3.63) is 21.9 Å². The predicted molar refractivity (Wildman–Crippen MR) is 71.5 cm³/mol. The minimum Gasteiger partial charge on any atom is -0.480 e. The van der Waals surface area contributed by atoms with Crippen LogP contribution in [0.2, 0.25) is 0 Å². The number of aromatic nitrogens is 1. The van der Waals surface area contributed by atoms with Crippen molar-refractivity contribution in [1.82, 2.24) is 4.98 Å². The van der Waals surface area contributed by atoms with E-state index >= 15 is 0 Å². The van der Waals surface area contributed by atoms with E-state index in [-0.39, 0.29) is 0 Å². The first-order valence-corrected chi connectivity index (χ1v) is 6.32. The molecule has 0 fully saturated rings. The monoisotopic (exact) mass is 334 g/mol. The van der Waals surface area contributed by atoms with Gasteiger partial charge in [-0.1, -0.05) is 19.8 Å². The summed E-state index contributed by atoms with van der Waals surface area (Å²) in [6.07, 6.45) is 4.22. The van der Waals surface area contributed by atoms with Crippen LogP contribution in [-0.2, 0) is 4.79 Å². The maximum atomic E-state index is 11.0. The number of pyridine rings is 1. The fraction of sp³-hybridized carbons (Fsp3) is 0.455. The highest BCUT2D eigenvalue weighted by Crippen LogP contribution is 2.11. The largest absolute Gasteiger partial charge is 0.480 e. The third-order valence-corrected chi connectivity index (χ3v) is 2.83. The Balaban J connectivity index is 2.60. The second-order valence-corrected chi connectivity index (χ2v) is 4.78. The van der Waals surface area contributed by atoms with Crippen LogP contribution in [0.1, 0.15) is 26.2 Å². The molecule has 5 heteroatoms. The molecule has 1 unspecified atom stereocenters. The minimum absolute atomic E-state index is 0.549.